The quantitative estimate of drug-likeness (QED) is 0.902. The van der Waals surface area contributed by atoms with E-state index in [1.165, 1.54) is 6.26 Å². The third-order valence-electron chi connectivity index (χ3n) is 3.23. The number of hydrogen-bond acceptors (Lipinski definition) is 3. The molecule has 0 radical (unpaired) electrons. The first-order chi connectivity index (χ1) is 8.11. The van der Waals surface area contributed by atoms with Crippen LogP contribution in [0.4, 0.5) is 0 Å². The minimum Gasteiger partial charge on any atom is -0.458 e. The van der Waals surface area contributed by atoms with Gasteiger partial charge in [0.2, 0.25) is 5.76 Å². The van der Waals surface area contributed by atoms with Gasteiger partial charge in [-0.15, -0.1) is 12.4 Å². The molecule has 1 aliphatic rings. The van der Waals surface area contributed by atoms with Crippen LogP contribution in [0, 0.1) is 0 Å². The zero-order valence-electron chi connectivity index (χ0n) is 10.3. The second-order valence-electron chi connectivity index (χ2n) is 4.52. The van der Waals surface area contributed by atoms with Crippen LogP contribution in [0.25, 0.3) is 0 Å². The molecular formula is C12H18BrClN2O2. The van der Waals surface area contributed by atoms with Crippen molar-refractivity contribution in [2.45, 2.75) is 38.3 Å². The van der Waals surface area contributed by atoms with E-state index in [0.717, 1.165) is 25.8 Å². The maximum Gasteiger partial charge on any atom is 0.291 e. The van der Waals surface area contributed by atoms with Crippen LogP contribution in [0.2, 0.25) is 0 Å². The van der Waals surface area contributed by atoms with Gasteiger partial charge in [0.15, 0.2) is 0 Å². The van der Waals surface area contributed by atoms with Crippen molar-refractivity contribution >= 4 is 34.2 Å². The van der Waals surface area contributed by atoms with E-state index in [9.17, 15) is 4.79 Å². The summed E-state index contributed by atoms with van der Waals surface area (Å²) in [7, 11) is 0. The van der Waals surface area contributed by atoms with Gasteiger partial charge in [-0.3, -0.25) is 4.79 Å². The Labute approximate surface area is 121 Å². The van der Waals surface area contributed by atoms with Crippen LogP contribution in [0.1, 0.15) is 36.7 Å². The molecule has 4 nitrogen and oxygen atoms in total. The highest BCUT2D eigenvalue weighted by Crippen LogP contribution is 2.25. The molecule has 0 spiro atoms. The van der Waals surface area contributed by atoms with Gasteiger partial charge in [-0.2, -0.15) is 0 Å². The molecule has 1 amide bonds. The number of furan rings is 1. The fourth-order valence-corrected chi connectivity index (χ4v) is 2.70. The summed E-state index contributed by atoms with van der Waals surface area (Å²) in [6, 6.07) is 1.85. The molecule has 0 bridgehead atoms. The Morgan fingerprint density at radius 3 is 2.89 bits per heavy atom. The number of carbonyl (C=O) groups is 1. The fraction of sp³-hybridized carbons (Fsp3) is 0.583. The fourth-order valence-electron chi connectivity index (χ4n) is 2.33. The summed E-state index contributed by atoms with van der Waals surface area (Å²) in [6.07, 6.45) is 4.66. The van der Waals surface area contributed by atoms with Crippen molar-refractivity contribution < 1.29 is 9.21 Å². The molecular weight excluding hydrogens is 320 g/mol. The smallest absolute Gasteiger partial charge is 0.291 e. The predicted octanol–water partition coefficient (Wildman–Crippen LogP) is 2.81. The zero-order chi connectivity index (χ0) is 12.4. The van der Waals surface area contributed by atoms with Gasteiger partial charge < -0.3 is 15.1 Å². The van der Waals surface area contributed by atoms with Crippen LogP contribution in [0.15, 0.2) is 21.2 Å². The molecule has 1 aliphatic heterocycles. The van der Waals surface area contributed by atoms with Crippen LogP contribution in [0.3, 0.4) is 0 Å². The monoisotopic (exact) mass is 336 g/mol. The summed E-state index contributed by atoms with van der Waals surface area (Å²) in [5.74, 6) is 0.307. The molecule has 2 unspecified atom stereocenters. The number of halogens is 2. The van der Waals surface area contributed by atoms with Crippen molar-refractivity contribution in [3.63, 3.8) is 0 Å². The average molecular weight is 338 g/mol. The summed E-state index contributed by atoms with van der Waals surface area (Å²) in [4.78, 5) is 14.2. The van der Waals surface area contributed by atoms with Gasteiger partial charge in [0, 0.05) is 18.6 Å². The zero-order valence-corrected chi connectivity index (χ0v) is 12.7. The van der Waals surface area contributed by atoms with E-state index in [0.29, 0.717) is 10.2 Å². The van der Waals surface area contributed by atoms with E-state index in [1.54, 1.807) is 6.07 Å². The molecule has 2 N–H and O–H groups in total. The first kappa shape index (κ1) is 15.5. The highest BCUT2D eigenvalue weighted by Gasteiger charge is 2.31. The van der Waals surface area contributed by atoms with Gasteiger partial charge in [0.1, 0.15) is 0 Å². The van der Waals surface area contributed by atoms with Gasteiger partial charge in [-0.05, 0) is 48.2 Å². The Balaban J connectivity index is 0.00000162. The molecule has 6 heteroatoms. The van der Waals surface area contributed by atoms with Gasteiger partial charge in [-0.1, -0.05) is 0 Å². The molecule has 1 aromatic heterocycles. The van der Waals surface area contributed by atoms with E-state index in [4.69, 9.17) is 10.2 Å². The first-order valence-corrected chi connectivity index (χ1v) is 6.70. The molecule has 0 saturated carbocycles. The van der Waals surface area contributed by atoms with Gasteiger partial charge in [0.25, 0.3) is 5.91 Å². The maximum atomic E-state index is 12.3. The largest absolute Gasteiger partial charge is 0.458 e. The molecule has 2 heterocycles. The van der Waals surface area contributed by atoms with Crippen LogP contribution in [-0.2, 0) is 0 Å². The van der Waals surface area contributed by atoms with Gasteiger partial charge >= 0.3 is 0 Å². The summed E-state index contributed by atoms with van der Waals surface area (Å²) >= 11 is 3.32. The minimum absolute atomic E-state index is 0. The van der Waals surface area contributed by atoms with Gasteiger partial charge in [-0.25, -0.2) is 0 Å². The normalized spacial score (nSPS) is 21.3. The number of piperidine rings is 1. The van der Waals surface area contributed by atoms with E-state index in [-0.39, 0.29) is 30.4 Å². The molecule has 18 heavy (non-hydrogen) atoms. The van der Waals surface area contributed by atoms with Crippen LogP contribution in [0.5, 0.6) is 0 Å². The summed E-state index contributed by atoms with van der Waals surface area (Å²) in [5, 5.41) is 0. The van der Waals surface area contributed by atoms with Crippen LogP contribution < -0.4 is 5.73 Å². The van der Waals surface area contributed by atoms with E-state index in [1.807, 2.05) is 11.8 Å². The standard InChI is InChI=1S/C12H17BrN2O2.ClH/c1-8(14)10-4-2-3-6-15(10)12(16)11-9(13)5-7-17-11;/h5,7-8,10H,2-4,6,14H2,1H3;1H. The van der Waals surface area contributed by atoms with Crippen LogP contribution >= 0.6 is 28.3 Å². The second-order valence-corrected chi connectivity index (χ2v) is 5.37. The minimum atomic E-state index is -0.0659. The van der Waals surface area contributed by atoms with Crippen molar-refractivity contribution in [3.05, 3.63) is 22.6 Å². The van der Waals surface area contributed by atoms with Crippen LogP contribution in [-0.4, -0.2) is 29.4 Å². The molecule has 1 fully saturated rings. The maximum absolute atomic E-state index is 12.3. The molecule has 2 rings (SSSR count). The second kappa shape index (κ2) is 6.59. The Morgan fingerprint density at radius 2 is 2.33 bits per heavy atom. The summed E-state index contributed by atoms with van der Waals surface area (Å²) in [6.45, 7) is 2.71. The lowest BCUT2D eigenvalue weighted by molar-refractivity contribution is 0.0550. The first-order valence-electron chi connectivity index (χ1n) is 5.91. The molecule has 2 atom stereocenters. The lowest BCUT2D eigenvalue weighted by Crippen LogP contribution is -2.51. The summed E-state index contributed by atoms with van der Waals surface area (Å²) < 4.78 is 5.93. The van der Waals surface area contributed by atoms with Crippen molar-refractivity contribution in [2.75, 3.05) is 6.54 Å². The number of amides is 1. The third-order valence-corrected chi connectivity index (χ3v) is 3.85. The third kappa shape index (κ3) is 3.08. The topological polar surface area (TPSA) is 59.5 Å². The SMILES string of the molecule is CC(N)C1CCCCN1C(=O)c1occc1Br.Cl. The molecule has 0 aliphatic carbocycles. The average Bonchev–Trinajstić information content (AvgIpc) is 2.74. The molecule has 1 aromatic rings. The molecule has 0 aromatic carbocycles. The van der Waals surface area contributed by atoms with Crippen molar-refractivity contribution in [1.82, 2.24) is 4.90 Å². The van der Waals surface area contributed by atoms with Crippen molar-refractivity contribution in [1.29, 1.82) is 0 Å². The van der Waals surface area contributed by atoms with Gasteiger partial charge in [0.05, 0.1) is 10.7 Å². The predicted molar refractivity (Wildman–Crippen MR) is 76.0 cm³/mol. The van der Waals surface area contributed by atoms with E-state index >= 15 is 0 Å². The number of carbonyl (C=O) groups excluding carboxylic acids is 1. The Hall–Kier alpha value is -0.520. The van der Waals surface area contributed by atoms with E-state index < -0.39 is 0 Å². The lowest BCUT2D eigenvalue weighted by atomic mass is 9.96. The lowest BCUT2D eigenvalue weighted by Gasteiger charge is -2.37. The van der Waals surface area contributed by atoms with Crippen molar-refractivity contribution in [2.24, 2.45) is 5.73 Å². The molecule has 1 saturated heterocycles. The number of nitrogens with two attached hydrogens (primary N) is 1. The highest BCUT2D eigenvalue weighted by atomic mass is 79.9. The molecule has 102 valence electrons. The van der Waals surface area contributed by atoms with E-state index in [2.05, 4.69) is 15.9 Å². The number of rotatable bonds is 2. The van der Waals surface area contributed by atoms with Crippen molar-refractivity contribution in [3.8, 4) is 0 Å². The highest BCUT2D eigenvalue weighted by molar-refractivity contribution is 9.10. The summed E-state index contributed by atoms with van der Waals surface area (Å²) in [5.41, 5.74) is 5.95. The number of nitrogens with zero attached hydrogens (tertiary/aromatic N) is 1. The Bertz CT molecular complexity index is 409. The Morgan fingerprint density at radius 1 is 1.61 bits per heavy atom. The number of hydrogen-bond donors (Lipinski definition) is 1. The number of likely N-dealkylation sites (tertiary alicyclic amines) is 1. The Kier molecular flexibility index (Phi) is 5.69.